The third-order valence-corrected chi connectivity index (χ3v) is 7.05. The highest BCUT2D eigenvalue weighted by atomic mass is 19.4. The summed E-state index contributed by atoms with van der Waals surface area (Å²) < 4.78 is 31.7. The fraction of sp³-hybridized carbons (Fsp3) is 0.586. The van der Waals surface area contributed by atoms with E-state index in [2.05, 4.69) is 10.6 Å². The summed E-state index contributed by atoms with van der Waals surface area (Å²) in [7, 11) is 3.42. The minimum Gasteiger partial charge on any atom is -0.478 e. The number of carbonyl (C=O) groups is 4. The molecule has 0 aliphatic carbocycles. The van der Waals surface area contributed by atoms with E-state index in [1.165, 1.54) is 6.92 Å². The first-order chi connectivity index (χ1) is 18.7. The number of hydrogen-bond donors (Lipinski definition) is 4. The molecule has 0 fully saturated rings. The van der Waals surface area contributed by atoms with Crippen LogP contribution in [0.25, 0.3) is 0 Å². The number of likely N-dealkylation sites (N-methyl/N-ethyl adjacent to an activating group) is 2. The molecule has 12 heteroatoms. The van der Waals surface area contributed by atoms with Gasteiger partial charge in [-0.15, -0.1) is 0 Å². The van der Waals surface area contributed by atoms with E-state index in [0.29, 0.717) is 6.42 Å². The van der Waals surface area contributed by atoms with Crippen LogP contribution in [0.4, 0.5) is 13.2 Å². The Morgan fingerprint density at radius 3 is 1.88 bits per heavy atom. The van der Waals surface area contributed by atoms with Gasteiger partial charge in [-0.25, -0.2) is 9.59 Å². The van der Waals surface area contributed by atoms with Crippen LogP contribution in [0.2, 0.25) is 0 Å². The van der Waals surface area contributed by atoms with Gasteiger partial charge >= 0.3 is 18.1 Å². The fourth-order valence-electron chi connectivity index (χ4n) is 4.22. The van der Waals surface area contributed by atoms with Crippen LogP contribution in [-0.4, -0.2) is 77.3 Å². The first-order valence-corrected chi connectivity index (χ1v) is 13.2. The average Bonchev–Trinajstić information content (AvgIpc) is 2.89. The molecule has 1 aromatic rings. The predicted molar refractivity (Wildman–Crippen MR) is 150 cm³/mol. The lowest BCUT2D eigenvalue weighted by molar-refractivity contribution is -0.192. The number of benzene rings is 1. The molecule has 1 aromatic carbocycles. The Hall–Kier alpha value is -3.41. The lowest BCUT2D eigenvalue weighted by Gasteiger charge is -2.37. The first kappa shape index (κ1) is 37.6. The van der Waals surface area contributed by atoms with Crippen molar-refractivity contribution in [3.05, 3.63) is 47.5 Å². The molecule has 9 nitrogen and oxygen atoms in total. The quantitative estimate of drug-likeness (QED) is 0.269. The van der Waals surface area contributed by atoms with Gasteiger partial charge in [0.1, 0.15) is 6.04 Å². The van der Waals surface area contributed by atoms with Gasteiger partial charge in [-0.05, 0) is 31.4 Å². The third kappa shape index (κ3) is 11.2. The van der Waals surface area contributed by atoms with Crippen LogP contribution in [0.3, 0.4) is 0 Å². The van der Waals surface area contributed by atoms with Crippen LogP contribution in [0.5, 0.6) is 0 Å². The lowest BCUT2D eigenvalue weighted by Crippen LogP contribution is -2.60. The molecule has 4 atom stereocenters. The van der Waals surface area contributed by atoms with Crippen molar-refractivity contribution in [1.29, 1.82) is 0 Å². The molecular weight excluding hydrogens is 543 g/mol. The van der Waals surface area contributed by atoms with E-state index in [0.717, 1.165) is 5.56 Å². The van der Waals surface area contributed by atoms with Gasteiger partial charge in [0.25, 0.3) is 0 Å². The minimum atomic E-state index is -5.08. The number of halogens is 3. The predicted octanol–water partition coefficient (Wildman–Crippen LogP) is 4.23. The maximum atomic E-state index is 13.6. The molecule has 0 spiro atoms. The zero-order chi connectivity index (χ0) is 32.3. The van der Waals surface area contributed by atoms with Crippen LogP contribution in [0, 0.1) is 11.8 Å². The summed E-state index contributed by atoms with van der Waals surface area (Å²) in [4.78, 5) is 48.9. The van der Waals surface area contributed by atoms with Crippen molar-refractivity contribution in [2.45, 2.75) is 84.6 Å². The van der Waals surface area contributed by atoms with Gasteiger partial charge in [-0.3, -0.25) is 9.59 Å². The van der Waals surface area contributed by atoms with Gasteiger partial charge in [0, 0.05) is 18.0 Å². The summed E-state index contributed by atoms with van der Waals surface area (Å²) in [5.74, 6) is -4.36. The summed E-state index contributed by atoms with van der Waals surface area (Å²) in [6.45, 7) is 13.3. The number of amides is 2. The van der Waals surface area contributed by atoms with Crippen molar-refractivity contribution < 1.29 is 42.6 Å². The summed E-state index contributed by atoms with van der Waals surface area (Å²) in [6, 6.07) is 8.11. The summed E-state index contributed by atoms with van der Waals surface area (Å²) in [6.07, 6.45) is -2.78. The number of carboxylic acid groups (broad SMARTS) is 2. The Kier molecular flexibility index (Phi) is 14.8. The zero-order valence-electron chi connectivity index (χ0n) is 25.2. The molecule has 1 unspecified atom stereocenters. The van der Waals surface area contributed by atoms with Gasteiger partial charge in [0.05, 0.1) is 12.1 Å². The van der Waals surface area contributed by atoms with Crippen molar-refractivity contribution in [3.8, 4) is 0 Å². The van der Waals surface area contributed by atoms with E-state index >= 15 is 0 Å². The molecule has 0 aromatic heterocycles. The van der Waals surface area contributed by atoms with E-state index < -0.39 is 41.7 Å². The van der Waals surface area contributed by atoms with Crippen molar-refractivity contribution in [2.75, 3.05) is 14.1 Å². The molecule has 2 amide bonds. The Bertz CT molecular complexity index is 1060. The molecule has 4 N–H and O–H groups in total. The smallest absolute Gasteiger partial charge is 0.478 e. The second-order valence-corrected chi connectivity index (χ2v) is 10.8. The molecule has 41 heavy (non-hydrogen) atoms. The highest BCUT2D eigenvalue weighted by Crippen LogP contribution is 2.28. The van der Waals surface area contributed by atoms with Crippen molar-refractivity contribution >= 4 is 23.8 Å². The maximum absolute atomic E-state index is 13.6. The van der Waals surface area contributed by atoms with Crippen LogP contribution in [-0.2, 0) is 24.6 Å². The van der Waals surface area contributed by atoms with Crippen LogP contribution >= 0.6 is 0 Å². The van der Waals surface area contributed by atoms with Gasteiger partial charge in [0.2, 0.25) is 11.8 Å². The minimum absolute atomic E-state index is 0.00129. The van der Waals surface area contributed by atoms with Crippen LogP contribution in [0.1, 0.15) is 60.5 Å². The maximum Gasteiger partial charge on any atom is 0.490 e. The fourth-order valence-corrected chi connectivity index (χ4v) is 4.22. The van der Waals surface area contributed by atoms with E-state index in [1.54, 1.807) is 25.1 Å². The molecule has 232 valence electrons. The van der Waals surface area contributed by atoms with Crippen molar-refractivity contribution in [2.24, 2.45) is 11.8 Å². The Balaban J connectivity index is 0.00000201. The Morgan fingerprint density at radius 2 is 1.51 bits per heavy atom. The number of rotatable bonds is 12. The molecule has 0 aliphatic heterocycles. The monoisotopic (exact) mass is 587 g/mol. The van der Waals surface area contributed by atoms with E-state index in [-0.39, 0.29) is 29.2 Å². The second kappa shape index (κ2) is 16.1. The molecule has 0 aliphatic rings. The number of aliphatic carboxylic acids is 2. The second-order valence-electron chi connectivity index (χ2n) is 10.8. The first-order valence-electron chi connectivity index (χ1n) is 13.2. The van der Waals surface area contributed by atoms with Crippen molar-refractivity contribution in [1.82, 2.24) is 15.5 Å². The normalized spacial score (nSPS) is 15.1. The highest BCUT2D eigenvalue weighted by Gasteiger charge is 2.39. The van der Waals surface area contributed by atoms with Crippen LogP contribution in [0.15, 0.2) is 42.0 Å². The molecule has 0 radical (unpaired) electrons. The highest BCUT2D eigenvalue weighted by molar-refractivity contribution is 5.91. The number of carbonyl (C=O) groups excluding carboxylic acids is 2. The Labute approximate surface area is 240 Å². The third-order valence-electron chi connectivity index (χ3n) is 7.05. The van der Waals surface area contributed by atoms with Gasteiger partial charge in [0.15, 0.2) is 0 Å². The van der Waals surface area contributed by atoms with Gasteiger partial charge < -0.3 is 25.7 Å². The Morgan fingerprint density at radius 1 is 1.02 bits per heavy atom. The van der Waals surface area contributed by atoms with E-state index in [9.17, 15) is 32.7 Å². The largest absolute Gasteiger partial charge is 0.490 e. The van der Waals surface area contributed by atoms with Gasteiger partial charge in [-0.1, -0.05) is 84.4 Å². The summed E-state index contributed by atoms with van der Waals surface area (Å²) in [5, 5.41) is 22.6. The summed E-state index contributed by atoms with van der Waals surface area (Å²) >= 11 is 0. The van der Waals surface area contributed by atoms with Crippen molar-refractivity contribution in [3.63, 3.8) is 0 Å². The molecule has 0 saturated carbocycles. The standard InChI is InChI=1S/C27H43N3O4.C2HF3O2/c1-10-18(4)22(25(32)30(9)21(17(2)3)16-19(5)26(33)34)29-24(31)23(28-8)27(6,7)20-14-12-11-13-15-20;3-2(4,5)1(6)7/h11-18,21-23,28H,10H2,1-9H3,(H,29,31)(H,33,34);(H,6,7)/b19-16+;/t18?,21-,22+,23-;/m1./s1. The van der Waals surface area contributed by atoms with E-state index in [4.69, 9.17) is 9.90 Å². The zero-order valence-corrected chi connectivity index (χ0v) is 25.2. The molecule has 0 bridgehead atoms. The molecule has 1 rings (SSSR count). The number of hydrogen-bond acceptors (Lipinski definition) is 5. The number of carboxylic acids is 2. The lowest BCUT2D eigenvalue weighted by atomic mass is 9.77. The molecule has 0 heterocycles. The van der Waals surface area contributed by atoms with Crippen LogP contribution < -0.4 is 10.6 Å². The molecule has 0 saturated heterocycles. The average molecular weight is 588 g/mol. The van der Waals surface area contributed by atoms with Gasteiger partial charge in [-0.2, -0.15) is 13.2 Å². The number of nitrogens with zero attached hydrogens (tertiary/aromatic N) is 1. The van der Waals surface area contributed by atoms with E-state index in [1.807, 2.05) is 71.9 Å². The summed E-state index contributed by atoms with van der Waals surface area (Å²) in [5.41, 5.74) is 0.682. The number of nitrogens with one attached hydrogen (secondary N) is 2. The number of alkyl halides is 3. The topological polar surface area (TPSA) is 136 Å². The SMILES string of the molecule is CCC(C)[C@H](NC(=O)[C@@H](NC)C(C)(C)c1ccccc1)C(=O)N(C)[C@H](/C=C(\C)C(=O)O)C(C)C.O=C(O)C(F)(F)F. The molecular formula is C29H44F3N3O6.